The van der Waals surface area contributed by atoms with Crippen molar-refractivity contribution < 1.29 is 18.9 Å². The van der Waals surface area contributed by atoms with Crippen LogP contribution in [0, 0.1) is 13.8 Å². The Morgan fingerprint density at radius 3 is 2.06 bits per heavy atom. The lowest BCUT2D eigenvalue weighted by molar-refractivity contribution is 0.173. The SMILES string of the molecule is COc1cc(-c2sc(C)c3c2OCCO3)c(OCCN(CCCN(C)C)CCCN(C)C)cc1C. The molecule has 2 aromatic rings. The third-order valence-electron chi connectivity index (χ3n) is 6.13. The van der Waals surface area contributed by atoms with E-state index in [1.165, 1.54) is 0 Å². The topological polar surface area (TPSA) is 46.6 Å². The number of rotatable bonds is 14. The van der Waals surface area contributed by atoms with Crippen molar-refractivity contribution in [1.82, 2.24) is 14.7 Å². The minimum Gasteiger partial charge on any atom is -0.496 e. The van der Waals surface area contributed by atoms with Gasteiger partial charge in [-0.2, -0.15) is 0 Å². The monoisotopic (exact) mass is 505 g/mol. The molecule has 7 nitrogen and oxygen atoms in total. The molecule has 1 aliphatic rings. The Balaban J connectivity index is 1.75. The Morgan fingerprint density at radius 1 is 0.829 bits per heavy atom. The van der Waals surface area contributed by atoms with Gasteiger partial charge in [0.2, 0.25) is 0 Å². The van der Waals surface area contributed by atoms with Gasteiger partial charge in [-0.15, -0.1) is 11.3 Å². The first kappa shape index (κ1) is 27.6. The number of fused-ring (bicyclic) bond motifs is 1. The van der Waals surface area contributed by atoms with Crippen molar-refractivity contribution in [3.63, 3.8) is 0 Å². The zero-order chi connectivity index (χ0) is 25.4. The molecule has 0 amide bonds. The van der Waals surface area contributed by atoms with Crippen LogP contribution in [0.2, 0.25) is 0 Å². The molecule has 1 aliphatic heterocycles. The molecule has 3 rings (SSSR count). The van der Waals surface area contributed by atoms with E-state index in [0.29, 0.717) is 19.8 Å². The molecule has 0 bridgehead atoms. The maximum absolute atomic E-state index is 6.45. The molecule has 0 aliphatic carbocycles. The molecule has 8 heteroatoms. The summed E-state index contributed by atoms with van der Waals surface area (Å²) in [6, 6.07) is 4.15. The second-order valence-electron chi connectivity index (χ2n) is 9.66. The molecule has 0 fully saturated rings. The number of benzene rings is 1. The number of methoxy groups -OCH3 is 1. The predicted molar refractivity (Wildman–Crippen MR) is 145 cm³/mol. The van der Waals surface area contributed by atoms with Crippen LogP contribution in [-0.2, 0) is 0 Å². The first-order chi connectivity index (χ1) is 16.8. The van der Waals surface area contributed by atoms with E-state index in [-0.39, 0.29) is 0 Å². The van der Waals surface area contributed by atoms with E-state index in [2.05, 4.69) is 68.9 Å². The average Bonchev–Trinajstić information content (AvgIpc) is 3.15. The van der Waals surface area contributed by atoms with Gasteiger partial charge in [0.15, 0.2) is 11.5 Å². The quantitative estimate of drug-likeness (QED) is 0.377. The molecular formula is C27H43N3O4S. The fourth-order valence-electron chi connectivity index (χ4n) is 4.29. The largest absolute Gasteiger partial charge is 0.496 e. The van der Waals surface area contributed by atoms with E-state index < -0.39 is 0 Å². The minimum atomic E-state index is 0.560. The van der Waals surface area contributed by atoms with Crippen LogP contribution < -0.4 is 18.9 Å². The van der Waals surface area contributed by atoms with Crippen molar-refractivity contribution >= 4 is 11.3 Å². The average molecular weight is 506 g/mol. The Morgan fingerprint density at radius 2 is 1.46 bits per heavy atom. The lowest BCUT2D eigenvalue weighted by Crippen LogP contribution is -2.33. The van der Waals surface area contributed by atoms with Gasteiger partial charge in [-0.25, -0.2) is 0 Å². The van der Waals surface area contributed by atoms with Crippen LogP contribution >= 0.6 is 11.3 Å². The summed E-state index contributed by atoms with van der Waals surface area (Å²) < 4.78 is 24.0. The first-order valence-electron chi connectivity index (χ1n) is 12.5. The zero-order valence-electron chi connectivity index (χ0n) is 22.6. The van der Waals surface area contributed by atoms with Gasteiger partial charge in [0, 0.05) is 17.0 Å². The molecule has 1 aromatic heterocycles. The molecule has 0 saturated heterocycles. The second kappa shape index (κ2) is 13.3. The molecule has 0 unspecified atom stereocenters. The van der Waals surface area contributed by atoms with Crippen molar-refractivity contribution in [2.75, 3.05) is 87.8 Å². The van der Waals surface area contributed by atoms with E-state index in [9.17, 15) is 0 Å². The van der Waals surface area contributed by atoms with Crippen molar-refractivity contribution in [3.8, 4) is 33.4 Å². The highest BCUT2D eigenvalue weighted by atomic mass is 32.1. The van der Waals surface area contributed by atoms with Crippen molar-refractivity contribution in [3.05, 3.63) is 22.6 Å². The van der Waals surface area contributed by atoms with Crippen LogP contribution in [0.1, 0.15) is 23.3 Å². The Kier molecular flexibility index (Phi) is 10.5. The van der Waals surface area contributed by atoms with Crippen LogP contribution in [0.4, 0.5) is 0 Å². The summed E-state index contributed by atoms with van der Waals surface area (Å²) in [6.07, 6.45) is 2.31. The fourth-order valence-corrected chi connectivity index (χ4v) is 5.36. The van der Waals surface area contributed by atoms with Crippen LogP contribution in [0.5, 0.6) is 23.0 Å². The van der Waals surface area contributed by atoms with Gasteiger partial charge in [0.05, 0.1) is 12.0 Å². The summed E-state index contributed by atoms with van der Waals surface area (Å²) in [5, 5.41) is 0. The summed E-state index contributed by atoms with van der Waals surface area (Å²) >= 11 is 1.68. The molecule has 0 saturated carbocycles. The molecule has 0 N–H and O–H groups in total. The van der Waals surface area contributed by atoms with Gasteiger partial charge >= 0.3 is 0 Å². The number of nitrogens with zero attached hydrogens (tertiary/aromatic N) is 3. The molecule has 0 radical (unpaired) electrons. The Labute approximate surface area is 215 Å². The predicted octanol–water partition coefficient (Wildman–Crippen LogP) is 4.40. The number of thiophene rings is 1. The van der Waals surface area contributed by atoms with Crippen molar-refractivity contribution in [1.29, 1.82) is 0 Å². The molecule has 0 atom stereocenters. The Hall–Kier alpha value is -2.00. The first-order valence-corrected chi connectivity index (χ1v) is 13.3. The summed E-state index contributed by atoms with van der Waals surface area (Å²) in [5.74, 6) is 3.39. The third-order valence-corrected chi connectivity index (χ3v) is 7.23. The number of hydrogen-bond acceptors (Lipinski definition) is 8. The summed E-state index contributed by atoms with van der Waals surface area (Å²) in [7, 11) is 10.2. The lowest BCUT2D eigenvalue weighted by atomic mass is 10.1. The Bertz CT molecular complexity index is 931. The van der Waals surface area contributed by atoms with Gasteiger partial charge in [-0.1, -0.05) is 0 Å². The number of aryl methyl sites for hydroxylation is 2. The number of ether oxygens (including phenoxy) is 4. The van der Waals surface area contributed by atoms with Crippen LogP contribution in [0.25, 0.3) is 10.4 Å². The van der Waals surface area contributed by atoms with Gasteiger partial charge < -0.3 is 28.7 Å². The van der Waals surface area contributed by atoms with Crippen LogP contribution in [0.3, 0.4) is 0 Å². The van der Waals surface area contributed by atoms with Gasteiger partial charge in [-0.3, -0.25) is 4.90 Å². The molecule has 35 heavy (non-hydrogen) atoms. The highest BCUT2D eigenvalue weighted by Crippen LogP contribution is 2.52. The van der Waals surface area contributed by atoms with Crippen LogP contribution in [-0.4, -0.2) is 103 Å². The van der Waals surface area contributed by atoms with E-state index in [4.69, 9.17) is 18.9 Å². The summed E-state index contributed by atoms with van der Waals surface area (Å²) in [4.78, 5) is 9.18. The molecule has 1 aromatic carbocycles. The third kappa shape index (κ3) is 7.74. The molecule has 2 heterocycles. The number of hydrogen-bond donors (Lipinski definition) is 0. The second-order valence-corrected chi connectivity index (χ2v) is 10.9. The maximum atomic E-state index is 6.45. The molecule has 0 spiro atoms. The van der Waals surface area contributed by atoms with E-state index in [1.807, 2.05) is 0 Å². The lowest BCUT2D eigenvalue weighted by Gasteiger charge is -2.24. The van der Waals surface area contributed by atoms with Crippen molar-refractivity contribution in [2.24, 2.45) is 0 Å². The van der Waals surface area contributed by atoms with Gasteiger partial charge in [0.1, 0.15) is 31.3 Å². The highest BCUT2D eigenvalue weighted by molar-refractivity contribution is 7.16. The van der Waals surface area contributed by atoms with E-state index in [1.54, 1.807) is 18.4 Å². The standard InChI is InChI=1S/C27H43N3O4S/c1-20-18-24(32-15-14-30(12-8-10-28(3)4)13-9-11-29(5)6)22(19-23(20)31-7)27-26-25(21(2)35-27)33-16-17-34-26/h18-19H,8-17H2,1-7H3. The summed E-state index contributed by atoms with van der Waals surface area (Å²) in [6.45, 7) is 11.1. The van der Waals surface area contributed by atoms with E-state index >= 15 is 0 Å². The van der Waals surface area contributed by atoms with Gasteiger partial charge in [-0.05, 0) is 98.8 Å². The maximum Gasteiger partial charge on any atom is 0.180 e. The van der Waals surface area contributed by atoms with Crippen molar-refractivity contribution in [2.45, 2.75) is 26.7 Å². The normalized spacial score (nSPS) is 13.2. The van der Waals surface area contributed by atoms with Gasteiger partial charge in [0.25, 0.3) is 0 Å². The zero-order valence-corrected chi connectivity index (χ0v) is 23.4. The van der Waals surface area contributed by atoms with Crippen LogP contribution in [0.15, 0.2) is 12.1 Å². The minimum absolute atomic E-state index is 0.560. The molecule has 196 valence electrons. The highest BCUT2D eigenvalue weighted by Gasteiger charge is 2.26. The summed E-state index contributed by atoms with van der Waals surface area (Å²) in [5.41, 5.74) is 2.05. The molecular weight excluding hydrogens is 462 g/mol. The fraction of sp³-hybridized carbons (Fsp3) is 0.630. The smallest absolute Gasteiger partial charge is 0.180 e. The van der Waals surface area contributed by atoms with E-state index in [0.717, 1.165) is 89.4 Å².